The van der Waals surface area contributed by atoms with Gasteiger partial charge in [-0.1, -0.05) is 0 Å². The number of carboxylic acids is 1. The zero-order valence-corrected chi connectivity index (χ0v) is 8.31. The molecule has 0 aliphatic carbocycles. The first-order chi connectivity index (χ1) is 7.18. The Bertz CT molecular complexity index is 312. The molecule has 1 rings (SSSR count). The van der Waals surface area contributed by atoms with Gasteiger partial charge in [0, 0.05) is 30.9 Å². The second-order valence-corrected chi connectivity index (χ2v) is 3.12. The molecule has 1 heterocycles. The van der Waals surface area contributed by atoms with Gasteiger partial charge in [0.25, 0.3) is 0 Å². The second kappa shape index (κ2) is 5.92. The number of anilines is 1. The summed E-state index contributed by atoms with van der Waals surface area (Å²) in [5.74, 6) is -0.516. The number of nitrogens with zero attached hydrogens (tertiary/aromatic N) is 2. The molecule has 4 N–H and O–H groups in total. The van der Waals surface area contributed by atoms with Crippen molar-refractivity contribution in [2.24, 2.45) is 0 Å². The molecule has 15 heavy (non-hydrogen) atoms. The normalized spacial score (nSPS) is 10.1. The van der Waals surface area contributed by atoms with Crippen molar-refractivity contribution < 1.29 is 9.90 Å². The second-order valence-electron chi connectivity index (χ2n) is 3.12. The highest BCUT2D eigenvalue weighted by Crippen LogP contribution is 1.96. The smallest absolute Gasteiger partial charge is 0.303 e. The van der Waals surface area contributed by atoms with Gasteiger partial charge in [-0.2, -0.15) is 0 Å². The molecule has 0 bridgehead atoms. The average Bonchev–Trinajstić information content (AvgIpc) is 2.20. The molecule has 0 aliphatic heterocycles. The Hall–Kier alpha value is -1.69. The van der Waals surface area contributed by atoms with Crippen molar-refractivity contribution in [3.8, 4) is 0 Å². The lowest BCUT2D eigenvalue weighted by Gasteiger charge is -2.02. The fourth-order valence-electron chi connectivity index (χ4n) is 1.05. The summed E-state index contributed by atoms with van der Waals surface area (Å²) in [6.45, 7) is 1.29. The molecule has 0 atom stereocenters. The average molecular weight is 210 g/mol. The highest BCUT2D eigenvalue weighted by Gasteiger charge is 1.97. The van der Waals surface area contributed by atoms with Crippen LogP contribution in [0.25, 0.3) is 0 Å². The number of nitrogens with one attached hydrogen (secondary N) is 1. The number of rotatable bonds is 6. The minimum atomic E-state index is -0.771. The van der Waals surface area contributed by atoms with Crippen molar-refractivity contribution in [1.29, 1.82) is 0 Å². The third-order valence-corrected chi connectivity index (χ3v) is 1.80. The molecule has 6 nitrogen and oxygen atoms in total. The van der Waals surface area contributed by atoms with E-state index in [0.29, 0.717) is 19.5 Å². The SMILES string of the molecule is Nc1ncc(CNCCCC(=O)O)cn1. The molecule has 82 valence electrons. The molecule has 6 heteroatoms. The topological polar surface area (TPSA) is 101 Å². The van der Waals surface area contributed by atoms with Crippen molar-refractivity contribution in [3.63, 3.8) is 0 Å². The zero-order valence-electron chi connectivity index (χ0n) is 8.31. The van der Waals surface area contributed by atoms with Crippen LogP contribution in [-0.2, 0) is 11.3 Å². The Morgan fingerprint density at radius 3 is 2.73 bits per heavy atom. The summed E-state index contributed by atoms with van der Waals surface area (Å²) in [5.41, 5.74) is 6.26. The van der Waals surface area contributed by atoms with Crippen LogP contribution in [0.3, 0.4) is 0 Å². The fraction of sp³-hybridized carbons (Fsp3) is 0.444. The van der Waals surface area contributed by atoms with E-state index in [9.17, 15) is 4.79 Å². The van der Waals surface area contributed by atoms with E-state index in [1.54, 1.807) is 12.4 Å². The van der Waals surface area contributed by atoms with Crippen LogP contribution in [0.1, 0.15) is 18.4 Å². The van der Waals surface area contributed by atoms with Gasteiger partial charge in [-0.05, 0) is 13.0 Å². The molecule has 0 fully saturated rings. The maximum Gasteiger partial charge on any atom is 0.303 e. The van der Waals surface area contributed by atoms with Gasteiger partial charge in [-0.3, -0.25) is 4.79 Å². The number of hydrogen-bond donors (Lipinski definition) is 3. The predicted molar refractivity (Wildman–Crippen MR) is 55.0 cm³/mol. The lowest BCUT2D eigenvalue weighted by atomic mass is 10.3. The third-order valence-electron chi connectivity index (χ3n) is 1.80. The third kappa shape index (κ3) is 4.92. The summed E-state index contributed by atoms with van der Waals surface area (Å²) in [5, 5.41) is 11.5. The Morgan fingerprint density at radius 2 is 2.13 bits per heavy atom. The number of nitrogen functional groups attached to an aromatic ring is 1. The Balaban J connectivity index is 2.15. The van der Waals surface area contributed by atoms with Gasteiger partial charge in [-0.15, -0.1) is 0 Å². The molecule has 0 unspecified atom stereocenters. The maximum atomic E-state index is 10.2. The van der Waals surface area contributed by atoms with Crippen molar-refractivity contribution in [2.45, 2.75) is 19.4 Å². The summed E-state index contributed by atoms with van der Waals surface area (Å²) in [6, 6.07) is 0. The maximum absolute atomic E-state index is 10.2. The van der Waals surface area contributed by atoms with Crippen LogP contribution >= 0.6 is 0 Å². The van der Waals surface area contributed by atoms with Gasteiger partial charge in [0.2, 0.25) is 5.95 Å². The van der Waals surface area contributed by atoms with E-state index in [0.717, 1.165) is 5.56 Å². The number of carboxylic acid groups (broad SMARTS) is 1. The van der Waals surface area contributed by atoms with Crippen molar-refractivity contribution in [2.75, 3.05) is 12.3 Å². The molecule has 0 radical (unpaired) electrons. The molecule has 0 saturated heterocycles. The van der Waals surface area contributed by atoms with Crippen LogP contribution in [-0.4, -0.2) is 27.6 Å². The zero-order chi connectivity index (χ0) is 11.1. The van der Waals surface area contributed by atoms with E-state index in [2.05, 4.69) is 15.3 Å². The lowest BCUT2D eigenvalue weighted by molar-refractivity contribution is -0.137. The van der Waals surface area contributed by atoms with E-state index < -0.39 is 5.97 Å². The lowest BCUT2D eigenvalue weighted by Crippen LogP contribution is -2.16. The van der Waals surface area contributed by atoms with E-state index in [4.69, 9.17) is 10.8 Å². The van der Waals surface area contributed by atoms with Gasteiger partial charge in [0.05, 0.1) is 0 Å². The minimum absolute atomic E-state index is 0.186. The molecule has 0 aliphatic rings. The molecular weight excluding hydrogens is 196 g/mol. The van der Waals surface area contributed by atoms with Crippen molar-refractivity contribution in [1.82, 2.24) is 15.3 Å². The van der Waals surface area contributed by atoms with Gasteiger partial charge in [-0.25, -0.2) is 9.97 Å². The van der Waals surface area contributed by atoms with Crippen molar-refractivity contribution in [3.05, 3.63) is 18.0 Å². The quantitative estimate of drug-likeness (QED) is 0.572. The Morgan fingerprint density at radius 1 is 1.47 bits per heavy atom. The fourth-order valence-corrected chi connectivity index (χ4v) is 1.05. The van der Waals surface area contributed by atoms with Crippen LogP contribution in [0.5, 0.6) is 0 Å². The van der Waals surface area contributed by atoms with E-state index >= 15 is 0 Å². The number of carbonyl (C=O) groups is 1. The van der Waals surface area contributed by atoms with Gasteiger partial charge in [0.1, 0.15) is 0 Å². The Labute approximate surface area is 87.5 Å². The molecule has 1 aromatic rings. The molecule has 1 aromatic heterocycles. The van der Waals surface area contributed by atoms with Gasteiger partial charge in [0.15, 0.2) is 0 Å². The van der Waals surface area contributed by atoms with E-state index in [-0.39, 0.29) is 12.4 Å². The van der Waals surface area contributed by atoms with Crippen LogP contribution in [0, 0.1) is 0 Å². The van der Waals surface area contributed by atoms with Gasteiger partial charge >= 0.3 is 5.97 Å². The van der Waals surface area contributed by atoms with Crippen LogP contribution < -0.4 is 11.1 Å². The van der Waals surface area contributed by atoms with Crippen LogP contribution in [0.15, 0.2) is 12.4 Å². The number of aromatic nitrogens is 2. The summed E-state index contributed by atoms with van der Waals surface area (Å²) in [6.07, 6.45) is 4.09. The van der Waals surface area contributed by atoms with Crippen LogP contribution in [0.2, 0.25) is 0 Å². The number of hydrogen-bond acceptors (Lipinski definition) is 5. The van der Waals surface area contributed by atoms with Gasteiger partial charge < -0.3 is 16.2 Å². The number of aliphatic carboxylic acids is 1. The minimum Gasteiger partial charge on any atom is -0.481 e. The number of nitrogens with two attached hydrogens (primary N) is 1. The summed E-state index contributed by atoms with van der Waals surface area (Å²) >= 11 is 0. The van der Waals surface area contributed by atoms with E-state index in [1.807, 2.05) is 0 Å². The monoisotopic (exact) mass is 210 g/mol. The van der Waals surface area contributed by atoms with Crippen molar-refractivity contribution >= 4 is 11.9 Å². The summed E-state index contributed by atoms with van der Waals surface area (Å²) in [7, 11) is 0. The summed E-state index contributed by atoms with van der Waals surface area (Å²) < 4.78 is 0. The largest absolute Gasteiger partial charge is 0.481 e. The first kappa shape index (κ1) is 11.4. The van der Waals surface area contributed by atoms with Crippen LogP contribution in [0.4, 0.5) is 5.95 Å². The Kier molecular flexibility index (Phi) is 4.49. The highest BCUT2D eigenvalue weighted by molar-refractivity contribution is 5.66. The molecule has 0 amide bonds. The summed E-state index contributed by atoms with van der Waals surface area (Å²) in [4.78, 5) is 17.9. The highest BCUT2D eigenvalue weighted by atomic mass is 16.4. The predicted octanol–water partition coefficient (Wildman–Crippen LogP) is 0.0132. The van der Waals surface area contributed by atoms with E-state index in [1.165, 1.54) is 0 Å². The standard InChI is InChI=1S/C9H14N4O2/c10-9-12-5-7(6-13-9)4-11-3-1-2-8(14)15/h5-6,11H,1-4H2,(H,14,15)(H2,10,12,13). The first-order valence-electron chi connectivity index (χ1n) is 4.67. The molecule has 0 spiro atoms. The molecule has 0 saturated carbocycles. The first-order valence-corrected chi connectivity index (χ1v) is 4.67. The molecule has 0 aromatic carbocycles. The molecular formula is C9H14N4O2.